The summed E-state index contributed by atoms with van der Waals surface area (Å²) >= 11 is 5.84. The molecule has 0 saturated heterocycles. The zero-order chi connectivity index (χ0) is 18.8. The first-order valence-electron chi connectivity index (χ1n) is 9.60. The van der Waals surface area contributed by atoms with Gasteiger partial charge in [0.1, 0.15) is 11.6 Å². The van der Waals surface area contributed by atoms with Crippen LogP contribution in [0.1, 0.15) is 60.4 Å². The van der Waals surface area contributed by atoms with Gasteiger partial charge in [-0.15, -0.1) is 0 Å². The topological polar surface area (TPSA) is 54.0 Å². The molecule has 0 spiro atoms. The fraction of sp³-hybridized carbons (Fsp3) is 0.429. The van der Waals surface area contributed by atoms with Gasteiger partial charge in [-0.3, -0.25) is 4.79 Å². The predicted octanol–water partition coefficient (Wildman–Crippen LogP) is 5.42. The van der Waals surface area contributed by atoms with Crippen LogP contribution in [0.25, 0.3) is 0 Å². The van der Waals surface area contributed by atoms with Crippen LogP contribution in [0.5, 0.6) is 0 Å². The Kier molecular flexibility index (Phi) is 5.30. The molecule has 1 aromatic carbocycles. The van der Waals surface area contributed by atoms with E-state index in [4.69, 9.17) is 11.6 Å². The van der Waals surface area contributed by atoms with Gasteiger partial charge in [-0.25, -0.2) is 9.37 Å². The number of benzene rings is 1. The fourth-order valence-corrected chi connectivity index (χ4v) is 3.91. The Morgan fingerprint density at radius 2 is 1.96 bits per heavy atom. The van der Waals surface area contributed by atoms with Crippen LogP contribution in [-0.4, -0.2) is 17.4 Å². The first-order chi connectivity index (χ1) is 13.1. The Morgan fingerprint density at radius 1 is 1.19 bits per heavy atom. The third-order valence-electron chi connectivity index (χ3n) is 5.42. The number of aromatic nitrogens is 1. The maximum atomic E-state index is 13.3. The highest BCUT2D eigenvalue weighted by molar-refractivity contribution is 6.31. The van der Waals surface area contributed by atoms with Crippen LogP contribution in [0.15, 0.2) is 30.5 Å². The summed E-state index contributed by atoms with van der Waals surface area (Å²) in [5.74, 6) is 1.16. The third-order valence-corrected chi connectivity index (χ3v) is 5.71. The summed E-state index contributed by atoms with van der Waals surface area (Å²) in [7, 11) is 0. The van der Waals surface area contributed by atoms with Gasteiger partial charge >= 0.3 is 0 Å². The van der Waals surface area contributed by atoms with Crippen molar-refractivity contribution in [3.05, 3.63) is 52.4 Å². The van der Waals surface area contributed by atoms with Gasteiger partial charge in [0.25, 0.3) is 5.91 Å². The second-order valence-electron chi connectivity index (χ2n) is 7.55. The average Bonchev–Trinajstić information content (AvgIpc) is 3.38. The van der Waals surface area contributed by atoms with Gasteiger partial charge in [-0.05, 0) is 67.3 Å². The van der Waals surface area contributed by atoms with Gasteiger partial charge in [-0.2, -0.15) is 0 Å². The lowest BCUT2D eigenvalue weighted by molar-refractivity contribution is 0.0946. The maximum absolute atomic E-state index is 13.3. The van der Waals surface area contributed by atoms with Crippen molar-refractivity contribution < 1.29 is 9.18 Å². The number of rotatable bonds is 6. The molecule has 1 amide bonds. The van der Waals surface area contributed by atoms with Gasteiger partial charge in [0.2, 0.25) is 0 Å². The Morgan fingerprint density at radius 3 is 2.67 bits per heavy atom. The average molecular weight is 388 g/mol. The standard InChI is InChI=1S/C21H23ClFN3O/c22-18-9-15(7-8-19(18)23)26-20-10-16(14-5-6-14)17(12-24-20)21(27)25-11-13-3-1-2-4-13/h7-10,12-14H,1-6,11H2,(H,24,26)(H,25,27). The molecule has 2 fully saturated rings. The SMILES string of the molecule is O=C(NCC1CCCC1)c1cnc(Nc2ccc(F)c(Cl)c2)cc1C1CC1. The molecule has 0 radical (unpaired) electrons. The molecular weight excluding hydrogens is 365 g/mol. The first-order valence-corrected chi connectivity index (χ1v) is 9.98. The summed E-state index contributed by atoms with van der Waals surface area (Å²) in [5.41, 5.74) is 2.36. The van der Waals surface area contributed by atoms with Crippen LogP contribution in [0.2, 0.25) is 5.02 Å². The number of nitrogens with one attached hydrogen (secondary N) is 2. The normalized spacial score (nSPS) is 17.1. The zero-order valence-electron chi connectivity index (χ0n) is 15.1. The molecular formula is C21H23ClFN3O. The molecule has 2 aromatic rings. The van der Waals surface area contributed by atoms with Crippen LogP contribution in [0.4, 0.5) is 15.9 Å². The van der Waals surface area contributed by atoms with Gasteiger partial charge in [0.05, 0.1) is 10.6 Å². The number of halogens is 2. The van der Waals surface area contributed by atoms with E-state index in [9.17, 15) is 9.18 Å². The smallest absolute Gasteiger partial charge is 0.253 e. The van der Waals surface area contributed by atoms with Crippen molar-refractivity contribution in [3.63, 3.8) is 0 Å². The zero-order valence-corrected chi connectivity index (χ0v) is 15.9. The molecule has 2 aliphatic carbocycles. The number of hydrogen-bond donors (Lipinski definition) is 2. The molecule has 1 heterocycles. The largest absolute Gasteiger partial charge is 0.352 e. The van der Waals surface area contributed by atoms with E-state index in [0.717, 1.165) is 24.9 Å². The van der Waals surface area contributed by atoms with E-state index in [-0.39, 0.29) is 10.9 Å². The molecule has 6 heteroatoms. The van der Waals surface area contributed by atoms with Crippen LogP contribution in [0, 0.1) is 11.7 Å². The van der Waals surface area contributed by atoms with Crippen molar-refractivity contribution in [3.8, 4) is 0 Å². The maximum Gasteiger partial charge on any atom is 0.253 e. The minimum absolute atomic E-state index is 0.0346. The lowest BCUT2D eigenvalue weighted by atomic mass is 10.0. The van der Waals surface area contributed by atoms with Crippen molar-refractivity contribution >= 4 is 29.0 Å². The molecule has 0 aliphatic heterocycles. The summed E-state index contributed by atoms with van der Waals surface area (Å²) in [6.07, 6.45) is 8.77. The van der Waals surface area contributed by atoms with Gasteiger partial charge in [-0.1, -0.05) is 24.4 Å². The van der Waals surface area contributed by atoms with Crippen molar-refractivity contribution in [2.75, 3.05) is 11.9 Å². The molecule has 0 bridgehead atoms. The highest BCUT2D eigenvalue weighted by Gasteiger charge is 2.29. The van der Waals surface area contributed by atoms with Gasteiger partial charge < -0.3 is 10.6 Å². The van der Waals surface area contributed by atoms with E-state index in [1.165, 1.54) is 37.8 Å². The minimum Gasteiger partial charge on any atom is -0.352 e. The highest BCUT2D eigenvalue weighted by atomic mass is 35.5. The summed E-state index contributed by atoms with van der Waals surface area (Å²) in [6, 6.07) is 6.39. The second kappa shape index (κ2) is 7.85. The molecule has 2 saturated carbocycles. The van der Waals surface area contributed by atoms with Crippen molar-refractivity contribution in [2.24, 2.45) is 5.92 Å². The van der Waals surface area contributed by atoms with E-state index in [1.807, 2.05) is 6.07 Å². The molecule has 2 N–H and O–H groups in total. The van der Waals surface area contributed by atoms with Crippen molar-refractivity contribution in [1.29, 1.82) is 0 Å². The lowest BCUT2D eigenvalue weighted by Crippen LogP contribution is -2.29. The van der Waals surface area contributed by atoms with Gasteiger partial charge in [0.15, 0.2) is 0 Å². The number of nitrogens with zero attached hydrogens (tertiary/aromatic N) is 1. The summed E-state index contributed by atoms with van der Waals surface area (Å²) < 4.78 is 13.3. The number of pyridine rings is 1. The Hall–Kier alpha value is -2.14. The molecule has 1 aromatic heterocycles. The number of hydrogen-bond acceptors (Lipinski definition) is 3. The van der Waals surface area contributed by atoms with E-state index in [2.05, 4.69) is 15.6 Å². The van der Waals surface area contributed by atoms with Crippen LogP contribution in [-0.2, 0) is 0 Å². The summed E-state index contributed by atoms with van der Waals surface area (Å²) in [4.78, 5) is 17.1. The highest BCUT2D eigenvalue weighted by Crippen LogP contribution is 2.42. The quantitative estimate of drug-likeness (QED) is 0.696. The molecule has 0 atom stereocenters. The predicted molar refractivity (Wildman–Crippen MR) is 105 cm³/mol. The van der Waals surface area contributed by atoms with Crippen molar-refractivity contribution in [2.45, 2.75) is 44.4 Å². The Labute approximate surface area is 163 Å². The number of amides is 1. The van der Waals surface area contributed by atoms with E-state index < -0.39 is 5.82 Å². The van der Waals surface area contributed by atoms with E-state index in [1.54, 1.807) is 12.3 Å². The van der Waals surface area contributed by atoms with Crippen LogP contribution < -0.4 is 10.6 Å². The van der Waals surface area contributed by atoms with Crippen LogP contribution >= 0.6 is 11.6 Å². The van der Waals surface area contributed by atoms with E-state index >= 15 is 0 Å². The molecule has 4 nitrogen and oxygen atoms in total. The number of anilines is 2. The fourth-order valence-electron chi connectivity index (χ4n) is 3.73. The summed E-state index contributed by atoms with van der Waals surface area (Å²) in [5, 5.41) is 6.29. The van der Waals surface area contributed by atoms with Crippen LogP contribution in [0.3, 0.4) is 0 Å². The molecule has 27 heavy (non-hydrogen) atoms. The Balaban J connectivity index is 1.49. The van der Waals surface area contributed by atoms with Gasteiger partial charge in [0, 0.05) is 18.4 Å². The third kappa shape index (κ3) is 4.41. The summed E-state index contributed by atoms with van der Waals surface area (Å²) in [6.45, 7) is 0.747. The number of carbonyl (C=O) groups is 1. The molecule has 2 aliphatic rings. The number of carbonyl (C=O) groups excluding carboxylic acids is 1. The monoisotopic (exact) mass is 387 g/mol. The second-order valence-corrected chi connectivity index (χ2v) is 7.95. The minimum atomic E-state index is -0.455. The lowest BCUT2D eigenvalue weighted by Gasteiger charge is -2.14. The molecule has 4 rings (SSSR count). The molecule has 0 unspecified atom stereocenters. The van der Waals surface area contributed by atoms with Crippen molar-refractivity contribution in [1.82, 2.24) is 10.3 Å². The Bertz CT molecular complexity index is 847. The first kappa shape index (κ1) is 18.2. The van der Waals surface area contributed by atoms with E-state index in [0.29, 0.717) is 28.9 Å². The molecule has 142 valence electrons.